The number of nitrogens with zero attached hydrogens (tertiary/aromatic N) is 2. The van der Waals surface area contributed by atoms with Gasteiger partial charge in [-0.15, -0.1) is 0 Å². The first-order valence-electron chi connectivity index (χ1n) is 4.28. The largest absolute Gasteiger partial charge is 0.439 e. The molecule has 0 saturated heterocycles. The van der Waals surface area contributed by atoms with Gasteiger partial charge in [-0.1, -0.05) is 23.2 Å². The summed E-state index contributed by atoms with van der Waals surface area (Å²) in [4.78, 5) is 8.18. The van der Waals surface area contributed by atoms with Crippen LogP contribution in [0.5, 0.6) is 0 Å². The van der Waals surface area contributed by atoms with Crippen LogP contribution in [0.3, 0.4) is 0 Å². The van der Waals surface area contributed by atoms with Gasteiger partial charge in [0, 0.05) is 0 Å². The molecule has 4 nitrogen and oxygen atoms in total. The molecule has 2 heterocycles. The van der Waals surface area contributed by atoms with E-state index in [-0.39, 0.29) is 5.82 Å². The van der Waals surface area contributed by atoms with Gasteiger partial charge in [-0.05, 0) is 24.8 Å². The summed E-state index contributed by atoms with van der Waals surface area (Å²) in [5.74, 6) is 0.233. The number of nitrogens with two attached hydrogens (primary N) is 1. The maximum atomic E-state index is 5.97. The molecule has 84 valence electrons. The van der Waals surface area contributed by atoms with Crippen molar-refractivity contribution in [1.82, 2.24) is 9.97 Å². The van der Waals surface area contributed by atoms with E-state index in [0.29, 0.717) is 20.3 Å². The molecule has 0 aliphatic heterocycles. The fraction of sp³-hybridized carbons (Fsp3) is 0.111. The summed E-state index contributed by atoms with van der Waals surface area (Å²) < 4.78 is 5.17. The van der Waals surface area contributed by atoms with Crippen LogP contribution in [0.25, 0.3) is 0 Å². The summed E-state index contributed by atoms with van der Waals surface area (Å²) in [6.07, 6.45) is 1.55. The average molecular weight is 276 g/mol. The lowest BCUT2D eigenvalue weighted by atomic mass is 10.5. The zero-order valence-corrected chi connectivity index (χ0v) is 10.5. The van der Waals surface area contributed by atoms with Gasteiger partial charge in [-0.25, -0.2) is 9.97 Å². The smallest absolute Gasteiger partial charge is 0.262 e. The van der Waals surface area contributed by atoms with Crippen LogP contribution in [0.1, 0.15) is 5.69 Å². The van der Waals surface area contributed by atoms with Crippen molar-refractivity contribution in [3.05, 3.63) is 28.1 Å². The molecule has 2 rings (SSSR count). The fourth-order valence-corrected chi connectivity index (χ4v) is 2.22. The van der Waals surface area contributed by atoms with Gasteiger partial charge in [0.2, 0.25) is 0 Å². The third kappa shape index (κ3) is 2.42. The number of nitrogen functional groups attached to an aromatic ring is 1. The summed E-state index contributed by atoms with van der Waals surface area (Å²) in [6, 6.07) is 1.55. The molecule has 7 heteroatoms. The second kappa shape index (κ2) is 4.53. The summed E-state index contributed by atoms with van der Waals surface area (Å²) in [5.41, 5.74) is 6.37. The molecule has 0 atom stereocenters. The monoisotopic (exact) mass is 275 g/mol. The molecule has 0 radical (unpaired) electrons. The second-order valence-electron chi connectivity index (χ2n) is 3.00. The lowest BCUT2D eigenvalue weighted by molar-refractivity contribution is 0.454. The number of aromatic nitrogens is 2. The minimum absolute atomic E-state index is 0.233. The highest BCUT2D eigenvalue weighted by molar-refractivity contribution is 7.99. The zero-order chi connectivity index (χ0) is 11.7. The molecular weight excluding hydrogens is 269 g/mol. The Morgan fingerprint density at radius 2 is 2.06 bits per heavy atom. The third-order valence-corrected chi connectivity index (χ3v) is 3.28. The lowest BCUT2D eigenvalue weighted by Crippen LogP contribution is -1.93. The molecule has 0 unspecified atom stereocenters. The van der Waals surface area contributed by atoms with Crippen molar-refractivity contribution in [1.29, 1.82) is 0 Å². The van der Waals surface area contributed by atoms with Crippen LogP contribution in [0.15, 0.2) is 27.0 Å². The number of halogens is 2. The molecular formula is C9H7Cl2N3OS. The standard InChI is InChI=1S/C9H7Cl2N3OS/c1-4-3-15-9(13-4)16-8-6(11)2-5(10)7(12)14-8/h2-3H,1H3,(H2,12,14). The normalized spacial score (nSPS) is 10.7. The molecule has 0 aliphatic carbocycles. The van der Waals surface area contributed by atoms with Crippen LogP contribution in [0.2, 0.25) is 10.0 Å². The van der Waals surface area contributed by atoms with E-state index in [1.165, 1.54) is 11.8 Å². The molecule has 0 aliphatic rings. The van der Waals surface area contributed by atoms with Crippen molar-refractivity contribution in [3.8, 4) is 0 Å². The van der Waals surface area contributed by atoms with Crippen molar-refractivity contribution < 1.29 is 4.42 Å². The number of rotatable bonds is 2. The zero-order valence-electron chi connectivity index (χ0n) is 8.20. The number of aryl methyl sites for hydroxylation is 1. The van der Waals surface area contributed by atoms with Crippen LogP contribution in [0, 0.1) is 6.92 Å². The van der Waals surface area contributed by atoms with E-state index < -0.39 is 0 Å². The first-order valence-corrected chi connectivity index (χ1v) is 5.85. The van der Waals surface area contributed by atoms with Crippen LogP contribution in [0.4, 0.5) is 5.82 Å². The van der Waals surface area contributed by atoms with Gasteiger partial charge in [0.1, 0.15) is 17.1 Å². The molecule has 2 N–H and O–H groups in total. The Balaban J connectivity index is 2.31. The Bertz CT molecular complexity index is 529. The van der Waals surface area contributed by atoms with E-state index in [1.54, 1.807) is 12.3 Å². The lowest BCUT2D eigenvalue weighted by Gasteiger charge is -2.02. The summed E-state index contributed by atoms with van der Waals surface area (Å²) in [5, 5.41) is 1.73. The highest BCUT2D eigenvalue weighted by Gasteiger charge is 2.11. The summed E-state index contributed by atoms with van der Waals surface area (Å²) in [6.45, 7) is 1.83. The minimum Gasteiger partial charge on any atom is -0.439 e. The molecule has 2 aromatic rings. The molecule has 0 saturated carbocycles. The van der Waals surface area contributed by atoms with Crippen molar-refractivity contribution >= 4 is 40.8 Å². The van der Waals surface area contributed by atoms with E-state index in [9.17, 15) is 0 Å². The van der Waals surface area contributed by atoms with Gasteiger partial charge in [0.15, 0.2) is 0 Å². The molecule has 16 heavy (non-hydrogen) atoms. The quantitative estimate of drug-likeness (QED) is 0.910. The van der Waals surface area contributed by atoms with Crippen LogP contribution >= 0.6 is 35.0 Å². The van der Waals surface area contributed by atoms with Gasteiger partial charge in [0.25, 0.3) is 5.22 Å². The number of pyridine rings is 1. The van der Waals surface area contributed by atoms with E-state index in [2.05, 4.69) is 9.97 Å². The van der Waals surface area contributed by atoms with Crippen LogP contribution in [-0.4, -0.2) is 9.97 Å². The number of hydrogen-bond acceptors (Lipinski definition) is 5. The van der Waals surface area contributed by atoms with E-state index >= 15 is 0 Å². The van der Waals surface area contributed by atoms with Crippen molar-refractivity contribution in [2.75, 3.05) is 5.73 Å². The molecule has 0 amide bonds. The number of anilines is 1. The van der Waals surface area contributed by atoms with Gasteiger partial charge >= 0.3 is 0 Å². The molecule has 0 aromatic carbocycles. The maximum absolute atomic E-state index is 5.97. The second-order valence-corrected chi connectivity index (χ2v) is 4.75. The predicted octanol–water partition coefficient (Wildman–Crippen LogP) is 3.42. The maximum Gasteiger partial charge on any atom is 0.262 e. The first kappa shape index (κ1) is 11.6. The summed E-state index contributed by atoms with van der Waals surface area (Å²) in [7, 11) is 0. The van der Waals surface area contributed by atoms with Crippen LogP contribution < -0.4 is 5.73 Å². The Kier molecular flexibility index (Phi) is 3.28. The highest BCUT2D eigenvalue weighted by atomic mass is 35.5. The highest BCUT2D eigenvalue weighted by Crippen LogP contribution is 2.34. The third-order valence-electron chi connectivity index (χ3n) is 1.71. The van der Waals surface area contributed by atoms with E-state index in [0.717, 1.165) is 5.69 Å². The molecule has 2 aromatic heterocycles. The Morgan fingerprint density at radius 3 is 2.69 bits per heavy atom. The number of hydrogen-bond donors (Lipinski definition) is 1. The predicted molar refractivity (Wildman–Crippen MR) is 64.0 cm³/mol. The van der Waals surface area contributed by atoms with Crippen molar-refractivity contribution in [2.45, 2.75) is 17.2 Å². The minimum atomic E-state index is 0.233. The van der Waals surface area contributed by atoms with E-state index in [1.807, 2.05) is 6.92 Å². The van der Waals surface area contributed by atoms with Crippen LogP contribution in [-0.2, 0) is 0 Å². The van der Waals surface area contributed by atoms with Crippen molar-refractivity contribution in [2.24, 2.45) is 0 Å². The van der Waals surface area contributed by atoms with E-state index in [4.69, 9.17) is 33.4 Å². The topological polar surface area (TPSA) is 64.9 Å². The van der Waals surface area contributed by atoms with Gasteiger partial charge in [0.05, 0.1) is 15.7 Å². The first-order chi connectivity index (χ1) is 7.56. The molecule has 0 spiro atoms. The SMILES string of the molecule is Cc1coc(Sc2nc(N)c(Cl)cc2Cl)n1. The average Bonchev–Trinajstić information content (AvgIpc) is 2.60. The van der Waals surface area contributed by atoms with Gasteiger partial charge in [-0.3, -0.25) is 0 Å². The summed E-state index contributed by atoms with van der Waals surface area (Å²) >= 11 is 12.9. The van der Waals surface area contributed by atoms with Gasteiger partial charge < -0.3 is 10.2 Å². The Morgan fingerprint density at radius 1 is 1.31 bits per heavy atom. The molecule has 0 bridgehead atoms. The molecule has 0 fully saturated rings. The van der Waals surface area contributed by atoms with Crippen molar-refractivity contribution in [3.63, 3.8) is 0 Å². The fourth-order valence-electron chi connectivity index (χ4n) is 0.997. The van der Waals surface area contributed by atoms with Gasteiger partial charge in [-0.2, -0.15) is 0 Å². The Hall–Kier alpha value is -0.910. The number of oxazole rings is 1. The Labute approximate surface area is 106 Å².